The molecule has 0 aromatic heterocycles. The normalized spacial score (nSPS) is 19.3. The van der Waals surface area contributed by atoms with Crippen LogP contribution in [0.1, 0.15) is 57.1 Å². The minimum absolute atomic E-state index is 0.0149. The van der Waals surface area contributed by atoms with Gasteiger partial charge >= 0.3 is 6.03 Å². The molecule has 0 bridgehead atoms. The molecule has 1 unspecified atom stereocenters. The number of urea groups is 1. The highest BCUT2D eigenvalue weighted by Gasteiger charge is 2.42. The van der Waals surface area contributed by atoms with E-state index in [1.165, 1.54) is 31.2 Å². The van der Waals surface area contributed by atoms with Gasteiger partial charge in [0, 0.05) is 6.04 Å². The second-order valence-corrected chi connectivity index (χ2v) is 6.57. The van der Waals surface area contributed by atoms with Crippen LogP contribution in [-0.4, -0.2) is 12.1 Å². The third-order valence-electron chi connectivity index (χ3n) is 4.64. The zero-order chi connectivity index (χ0) is 14.7. The third-order valence-corrected chi connectivity index (χ3v) is 4.64. The molecular weight excluding hydrogens is 260 g/mol. The fourth-order valence-electron chi connectivity index (χ4n) is 3.18. The number of carbonyl (C=O) groups is 1. The van der Waals surface area contributed by atoms with E-state index in [0.717, 1.165) is 24.7 Å². The largest absolute Gasteiger partial charge is 0.335 e. The summed E-state index contributed by atoms with van der Waals surface area (Å²) >= 11 is 0. The maximum Gasteiger partial charge on any atom is 0.315 e. The summed E-state index contributed by atoms with van der Waals surface area (Å²) < 4.78 is 0. The molecular formula is C18H26N2O. The van der Waals surface area contributed by atoms with Gasteiger partial charge in [0.05, 0.1) is 6.04 Å². The summed E-state index contributed by atoms with van der Waals surface area (Å²) in [6, 6.07) is 10.8. The maximum atomic E-state index is 12.4. The van der Waals surface area contributed by atoms with Gasteiger partial charge in [-0.3, -0.25) is 0 Å². The molecule has 0 spiro atoms. The molecule has 0 aliphatic heterocycles. The van der Waals surface area contributed by atoms with Crippen LogP contribution in [0.25, 0.3) is 0 Å². The van der Waals surface area contributed by atoms with Crippen molar-refractivity contribution in [2.75, 3.05) is 0 Å². The minimum atomic E-state index is 0.0149. The summed E-state index contributed by atoms with van der Waals surface area (Å²) in [5, 5.41) is 6.43. The molecule has 1 aromatic rings. The van der Waals surface area contributed by atoms with E-state index in [2.05, 4.69) is 29.7 Å². The lowest BCUT2D eigenvalue weighted by atomic mass is 10.0. The monoisotopic (exact) mass is 286 g/mol. The van der Waals surface area contributed by atoms with Gasteiger partial charge < -0.3 is 10.6 Å². The lowest BCUT2D eigenvalue weighted by Gasteiger charge is -2.23. The van der Waals surface area contributed by atoms with Gasteiger partial charge in [-0.1, -0.05) is 43.7 Å². The number of benzene rings is 1. The molecule has 114 valence electrons. The van der Waals surface area contributed by atoms with Gasteiger partial charge in [0.15, 0.2) is 0 Å². The zero-order valence-corrected chi connectivity index (χ0v) is 12.8. The molecule has 2 aliphatic rings. The fourth-order valence-corrected chi connectivity index (χ4v) is 3.18. The smallest absolute Gasteiger partial charge is 0.315 e. The molecule has 1 atom stereocenters. The molecule has 2 N–H and O–H groups in total. The lowest BCUT2D eigenvalue weighted by molar-refractivity contribution is 0.228. The number of nitrogens with one attached hydrogen (secondary N) is 2. The Bertz CT molecular complexity index is 453. The molecule has 0 saturated heterocycles. The standard InChI is InChI=1S/C18H26N2O/c1-2-6-16(13-7-4-3-5-8-13)19-18(21)20-17(14-9-10-14)15-11-12-15/h3-5,7-8,14-17H,2,6,9-12H2,1H3,(H2,19,20,21). The first kappa shape index (κ1) is 14.4. The van der Waals surface area contributed by atoms with Crippen molar-refractivity contribution in [3.05, 3.63) is 35.9 Å². The van der Waals surface area contributed by atoms with E-state index < -0.39 is 0 Å². The molecule has 21 heavy (non-hydrogen) atoms. The zero-order valence-electron chi connectivity index (χ0n) is 12.8. The second-order valence-electron chi connectivity index (χ2n) is 6.57. The van der Waals surface area contributed by atoms with Gasteiger partial charge in [0.25, 0.3) is 0 Å². The van der Waals surface area contributed by atoms with Crippen LogP contribution in [0.2, 0.25) is 0 Å². The van der Waals surface area contributed by atoms with E-state index in [1.807, 2.05) is 18.2 Å². The third kappa shape index (κ3) is 3.99. The van der Waals surface area contributed by atoms with Crippen LogP contribution < -0.4 is 10.6 Å². The average molecular weight is 286 g/mol. The summed E-state index contributed by atoms with van der Waals surface area (Å²) in [6.45, 7) is 2.16. The average Bonchev–Trinajstić information content (AvgIpc) is 3.39. The van der Waals surface area contributed by atoms with Crippen LogP contribution in [0.4, 0.5) is 4.79 Å². The van der Waals surface area contributed by atoms with E-state index in [0.29, 0.717) is 6.04 Å². The van der Waals surface area contributed by atoms with Crippen molar-refractivity contribution in [3.63, 3.8) is 0 Å². The highest BCUT2D eigenvalue weighted by Crippen LogP contribution is 2.44. The van der Waals surface area contributed by atoms with Crippen LogP contribution in [0, 0.1) is 11.8 Å². The van der Waals surface area contributed by atoms with Gasteiger partial charge in [-0.25, -0.2) is 4.79 Å². The Kier molecular flexibility index (Phi) is 4.47. The van der Waals surface area contributed by atoms with Crippen molar-refractivity contribution in [1.82, 2.24) is 10.6 Å². The van der Waals surface area contributed by atoms with Crippen molar-refractivity contribution in [2.24, 2.45) is 11.8 Å². The Labute approximate surface area is 127 Å². The first-order valence-electron chi connectivity index (χ1n) is 8.40. The Morgan fingerprint density at radius 1 is 1.10 bits per heavy atom. The first-order chi connectivity index (χ1) is 10.3. The fraction of sp³-hybridized carbons (Fsp3) is 0.611. The predicted octanol–water partition coefficient (Wildman–Crippen LogP) is 4.02. The molecule has 1 aromatic carbocycles. The molecule has 0 radical (unpaired) electrons. The molecule has 0 heterocycles. The predicted molar refractivity (Wildman–Crippen MR) is 85.0 cm³/mol. The number of carbonyl (C=O) groups excluding carboxylic acids is 1. The highest BCUT2D eigenvalue weighted by molar-refractivity contribution is 5.75. The van der Waals surface area contributed by atoms with E-state index >= 15 is 0 Å². The van der Waals surface area contributed by atoms with Gasteiger partial charge in [-0.05, 0) is 49.5 Å². The topological polar surface area (TPSA) is 41.1 Å². The van der Waals surface area contributed by atoms with Crippen LogP contribution in [0.3, 0.4) is 0 Å². The Balaban J connectivity index is 1.58. The van der Waals surface area contributed by atoms with Gasteiger partial charge in [0.2, 0.25) is 0 Å². The lowest BCUT2D eigenvalue weighted by Crippen LogP contribution is -2.45. The molecule has 3 rings (SSSR count). The summed E-state index contributed by atoms with van der Waals surface area (Å²) in [7, 11) is 0. The molecule has 2 saturated carbocycles. The van der Waals surface area contributed by atoms with Crippen LogP contribution in [0.5, 0.6) is 0 Å². The van der Waals surface area contributed by atoms with Crippen molar-refractivity contribution in [1.29, 1.82) is 0 Å². The molecule has 3 nitrogen and oxygen atoms in total. The summed E-state index contributed by atoms with van der Waals surface area (Å²) in [4.78, 5) is 12.4. The quantitative estimate of drug-likeness (QED) is 0.781. The van der Waals surface area contributed by atoms with E-state index in [4.69, 9.17) is 0 Å². The van der Waals surface area contributed by atoms with E-state index in [1.54, 1.807) is 0 Å². The first-order valence-corrected chi connectivity index (χ1v) is 8.40. The van der Waals surface area contributed by atoms with Crippen molar-refractivity contribution < 1.29 is 4.79 Å². The Hall–Kier alpha value is -1.51. The summed E-state index contributed by atoms with van der Waals surface area (Å²) in [5.74, 6) is 1.48. The number of hydrogen-bond donors (Lipinski definition) is 2. The Morgan fingerprint density at radius 3 is 2.24 bits per heavy atom. The number of hydrogen-bond acceptors (Lipinski definition) is 1. The number of amides is 2. The molecule has 2 fully saturated rings. The minimum Gasteiger partial charge on any atom is -0.335 e. The summed E-state index contributed by atoms with van der Waals surface area (Å²) in [5.41, 5.74) is 1.20. The highest BCUT2D eigenvalue weighted by atomic mass is 16.2. The van der Waals surface area contributed by atoms with Gasteiger partial charge in [-0.15, -0.1) is 0 Å². The van der Waals surface area contributed by atoms with Gasteiger partial charge in [-0.2, -0.15) is 0 Å². The van der Waals surface area contributed by atoms with Gasteiger partial charge in [0.1, 0.15) is 0 Å². The molecule has 2 aliphatic carbocycles. The van der Waals surface area contributed by atoms with E-state index in [9.17, 15) is 4.79 Å². The Morgan fingerprint density at radius 2 is 1.71 bits per heavy atom. The van der Waals surface area contributed by atoms with Crippen LogP contribution in [0.15, 0.2) is 30.3 Å². The molecule has 2 amide bonds. The molecule has 3 heteroatoms. The second kappa shape index (κ2) is 6.50. The SMILES string of the molecule is CCCC(NC(=O)NC(C1CC1)C1CC1)c1ccccc1. The van der Waals surface area contributed by atoms with Crippen molar-refractivity contribution in [2.45, 2.75) is 57.5 Å². The summed E-state index contributed by atoms with van der Waals surface area (Å²) in [6.07, 6.45) is 7.21. The van der Waals surface area contributed by atoms with Crippen LogP contribution in [-0.2, 0) is 0 Å². The van der Waals surface area contributed by atoms with Crippen molar-refractivity contribution >= 4 is 6.03 Å². The van der Waals surface area contributed by atoms with Crippen molar-refractivity contribution in [3.8, 4) is 0 Å². The van der Waals surface area contributed by atoms with Crippen LogP contribution >= 0.6 is 0 Å². The van der Waals surface area contributed by atoms with E-state index in [-0.39, 0.29) is 12.1 Å². The maximum absolute atomic E-state index is 12.4. The number of rotatable bonds is 7.